The second-order valence-electron chi connectivity index (χ2n) is 4.61. The van der Waals surface area contributed by atoms with Gasteiger partial charge in [0.2, 0.25) is 0 Å². The summed E-state index contributed by atoms with van der Waals surface area (Å²) in [6, 6.07) is 0.733. The van der Waals surface area contributed by atoms with Gasteiger partial charge in [-0.1, -0.05) is 6.92 Å². The van der Waals surface area contributed by atoms with E-state index in [1.54, 1.807) is 0 Å². The van der Waals surface area contributed by atoms with Crippen LogP contribution in [-0.4, -0.2) is 37.2 Å². The fourth-order valence-electron chi connectivity index (χ4n) is 2.57. The Bertz CT molecular complexity index is 154. The molecule has 2 fully saturated rings. The van der Waals surface area contributed by atoms with E-state index in [0.717, 1.165) is 25.2 Å². The minimum atomic E-state index is 0.733. The first kappa shape index (κ1) is 9.47. The second kappa shape index (κ2) is 4.43. The molecule has 0 aromatic rings. The molecule has 2 rings (SSSR count). The highest BCUT2D eigenvalue weighted by Gasteiger charge is 2.25. The van der Waals surface area contributed by atoms with Gasteiger partial charge in [0.25, 0.3) is 0 Å². The number of rotatable bonds is 1. The fraction of sp³-hybridized carbons (Fsp3) is 1.00. The van der Waals surface area contributed by atoms with Crippen LogP contribution in [0.2, 0.25) is 0 Å². The van der Waals surface area contributed by atoms with E-state index in [-0.39, 0.29) is 0 Å². The van der Waals surface area contributed by atoms with Gasteiger partial charge in [-0.15, -0.1) is 0 Å². The number of hydrogen-bond acceptors (Lipinski definition) is 2. The smallest absolute Gasteiger partial charge is 0.0621 e. The number of nitrogens with zero attached hydrogens (tertiary/aromatic N) is 1. The summed E-state index contributed by atoms with van der Waals surface area (Å²) in [7, 11) is 0. The summed E-state index contributed by atoms with van der Waals surface area (Å²) in [4.78, 5) is 2.65. The molecule has 76 valence electrons. The van der Waals surface area contributed by atoms with E-state index >= 15 is 0 Å². The summed E-state index contributed by atoms with van der Waals surface area (Å²) in [5, 5.41) is 0. The molecule has 1 unspecified atom stereocenters. The standard InChI is InChI=1S/C11H21NO/c1-10-4-2-6-12(8-10)11-5-3-7-13-9-11/h10-11H,2-9H2,1H3/t10-,11?/m1/s1. The molecule has 2 heterocycles. The highest BCUT2D eigenvalue weighted by molar-refractivity contribution is 4.79. The maximum Gasteiger partial charge on any atom is 0.0621 e. The fourth-order valence-corrected chi connectivity index (χ4v) is 2.57. The summed E-state index contributed by atoms with van der Waals surface area (Å²) in [6.45, 7) is 6.94. The van der Waals surface area contributed by atoms with Crippen molar-refractivity contribution in [3.8, 4) is 0 Å². The van der Waals surface area contributed by atoms with Gasteiger partial charge >= 0.3 is 0 Å². The van der Waals surface area contributed by atoms with Crippen LogP contribution in [0.3, 0.4) is 0 Å². The third kappa shape index (κ3) is 2.44. The molecule has 0 radical (unpaired) electrons. The average molecular weight is 183 g/mol. The molecule has 2 nitrogen and oxygen atoms in total. The lowest BCUT2D eigenvalue weighted by molar-refractivity contribution is 0.00330. The Morgan fingerprint density at radius 3 is 2.85 bits per heavy atom. The Kier molecular flexibility index (Phi) is 3.23. The van der Waals surface area contributed by atoms with E-state index in [2.05, 4.69) is 11.8 Å². The van der Waals surface area contributed by atoms with Gasteiger partial charge in [-0.25, -0.2) is 0 Å². The summed E-state index contributed by atoms with van der Waals surface area (Å²) in [6.07, 6.45) is 5.42. The topological polar surface area (TPSA) is 12.5 Å². The average Bonchev–Trinajstić information content (AvgIpc) is 2.19. The number of hydrogen-bond donors (Lipinski definition) is 0. The monoisotopic (exact) mass is 183 g/mol. The van der Waals surface area contributed by atoms with Crippen molar-refractivity contribution in [2.75, 3.05) is 26.3 Å². The number of ether oxygens (including phenoxy) is 1. The Labute approximate surface area is 81.3 Å². The third-order valence-corrected chi connectivity index (χ3v) is 3.34. The molecule has 0 aliphatic carbocycles. The van der Waals surface area contributed by atoms with Crippen LogP contribution in [0.5, 0.6) is 0 Å². The molecule has 2 heteroatoms. The zero-order valence-corrected chi connectivity index (χ0v) is 8.67. The van der Waals surface area contributed by atoms with Crippen molar-refractivity contribution in [1.29, 1.82) is 0 Å². The molecule has 0 N–H and O–H groups in total. The normalized spacial score (nSPS) is 37.6. The first-order valence-electron chi connectivity index (χ1n) is 5.68. The van der Waals surface area contributed by atoms with Crippen LogP contribution in [0.1, 0.15) is 32.6 Å². The van der Waals surface area contributed by atoms with Gasteiger partial charge in [-0.2, -0.15) is 0 Å². The molecule has 0 amide bonds. The van der Waals surface area contributed by atoms with Gasteiger partial charge < -0.3 is 4.74 Å². The molecule has 2 aliphatic rings. The van der Waals surface area contributed by atoms with Crippen molar-refractivity contribution in [2.24, 2.45) is 5.92 Å². The summed E-state index contributed by atoms with van der Waals surface area (Å²) < 4.78 is 5.53. The first-order chi connectivity index (χ1) is 6.36. The predicted molar refractivity (Wildman–Crippen MR) is 53.8 cm³/mol. The van der Waals surface area contributed by atoms with Crippen molar-refractivity contribution in [3.05, 3.63) is 0 Å². The van der Waals surface area contributed by atoms with Crippen LogP contribution in [0, 0.1) is 5.92 Å². The summed E-state index contributed by atoms with van der Waals surface area (Å²) in [5.41, 5.74) is 0. The van der Waals surface area contributed by atoms with Crippen LogP contribution in [0.4, 0.5) is 0 Å². The van der Waals surface area contributed by atoms with Crippen LogP contribution >= 0.6 is 0 Å². The Balaban J connectivity index is 1.83. The maximum absolute atomic E-state index is 5.53. The molecule has 2 saturated heterocycles. The summed E-state index contributed by atoms with van der Waals surface area (Å²) in [5.74, 6) is 0.899. The molecule has 0 spiro atoms. The van der Waals surface area contributed by atoms with E-state index < -0.39 is 0 Å². The van der Waals surface area contributed by atoms with E-state index in [9.17, 15) is 0 Å². The lowest BCUT2D eigenvalue weighted by atomic mass is 9.97. The zero-order valence-electron chi connectivity index (χ0n) is 8.67. The van der Waals surface area contributed by atoms with Gasteiger partial charge in [0.05, 0.1) is 6.61 Å². The Morgan fingerprint density at radius 1 is 1.23 bits per heavy atom. The molecule has 0 saturated carbocycles. The highest BCUT2D eigenvalue weighted by Crippen LogP contribution is 2.21. The number of piperidine rings is 1. The van der Waals surface area contributed by atoms with E-state index in [0.29, 0.717) is 0 Å². The molecule has 2 atom stereocenters. The van der Waals surface area contributed by atoms with Crippen molar-refractivity contribution >= 4 is 0 Å². The molecule has 0 aromatic heterocycles. The van der Waals surface area contributed by atoms with Crippen LogP contribution in [-0.2, 0) is 4.74 Å². The van der Waals surface area contributed by atoms with Crippen molar-refractivity contribution in [1.82, 2.24) is 4.90 Å². The minimum Gasteiger partial charge on any atom is -0.380 e. The van der Waals surface area contributed by atoms with Gasteiger partial charge in [0.15, 0.2) is 0 Å². The minimum absolute atomic E-state index is 0.733. The van der Waals surface area contributed by atoms with Crippen molar-refractivity contribution in [3.63, 3.8) is 0 Å². The highest BCUT2D eigenvalue weighted by atomic mass is 16.5. The van der Waals surface area contributed by atoms with Gasteiger partial charge in [-0.3, -0.25) is 4.90 Å². The van der Waals surface area contributed by atoms with Crippen LogP contribution < -0.4 is 0 Å². The van der Waals surface area contributed by atoms with Gasteiger partial charge in [0, 0.05) is 19.2 Å². The molecular formula is C11H21NO. The molecule has 0 aromatic carbocycles. The number of likely N-dealkylation sites (tertiary alicyclic amines) is 1. The lowest BCUT2D eigenvalue weighted by Crippen LogP contribution is -2.45. The van der Waals surface area contributed by atoms with E-state index in [4.69, 9.17) is 4.74 Å². The molecule has 0 bridgehead atoms. The maximum atomic E-state index is 5.53. The van der Waals surface area contributed by atoms with E-state index in [1.807, 2.05) is 0 Å². The zero-order chi connectivity index (χ0) is 9.10. The molecular weight excluding hydrogens is 162 g/mol. The van der Waals surface area contributed by atoms with Crippen molar-refractivity contribution in [2.45, 2.75) is 38.6 Å². The Hall–Kier alpha value is -0.0800. The first-order valence-corrected chi connectivity index (χ1v) is 5.68. The third-order valence-electron chi connectivity index (χ3n) is 3.34. The van der Waals surface area contributed by atoms with Gasteiger partial charge in [0.1, 0.15) is 0 Å². The summed E-state index contributed by atoms with van der Waals surface area (Å²) >= 11 is 0. The second-order valence-corrected chi connectivity index (χ2v) is 4.61. The quantitative estimate of drug-likeness (QED) is 0.615. The molecule has 2 aliphatic heterocycles. The van der Waals surface area contributed by atoms with Crippen molar-refractivity contribution < 1.29 is 4.74 Å². The largest absolute Gasteiger partial charge is 0.380 e. The Morgan fingerprint density at radius 2 is 2.15 bits per heavy atom. The SMILES string of the molecule is C[C@@H]1CCCN(C2CCCOC2)C1. The predicted octanol–water partition coefficient (Wildman–Crippen LogP) is 1.90. The van der Waals surface area contributed by atoms with E-state index in [1.165, 1.54) is 38.8 Å². The van der Waals surface area contributed by atoms with Crippen LogP contribution in [0.25, 0.3) is 0 Å². The lowest BCUT2D eigenvalue weighted by Gasteiger charge is -2.38. The van der Waals surface area contributed by atoms with Crippen LogP contribution in [0.15, 0.2) is 0 Å². The molecule has 13 heavy (non-hydrogen) atoms. The van der Waals surface area contributed by atoms with Gasteiger partial charge in [-0.05, 0) is 38.1 Å².